The first-order chi connectivity index (χ1) is 8.09. The minimum atomic E-state index is -1.04. The first-order valence-electron chi connectivity index (χ1n) is 4.77. The van der Waals surface area contributed by atoms with Gasteiger partial charge in [0, 0.05) is 16.2 Å². The van der Waals surface area contributed by atoms with Crippen molar-refractivity contribution < 1.29 is 15.0 Å². The van der Waals surface area contributed by atoms with Crippen LogP contribution >= 0.6 is 15.9 Å². The van der Waals surface area contributed by atoms with Crippen molar-refractivity contribution in [3.63, 3.8) is 0 Å². The van der Waals surface area contributed by atoms with Gasteiger partial charge in [-0.05, 0) is 34.1 Å². The van der Waals surface area contributed by atoms with Gasteiger partial charge in [0.1, 0.15) is 5.75 Å². The fourth-order valence-electron chi connectivity index (χ4n) is 1.43. The highest BCUT2D eigenvalue weighted by atomic mass is 79.9. The van der Waals surface area contributed by atoms with E-state index >= 15 is 0 Å². The molecule has 0 aliphatic carbocycles. The molecular formula is C12H8BrNO3. The van der Waals surface area contributed by atoms with E-state index in [9.17, 15) is 9.90 Å². The van der Waals surface area contributed by atoms with Gasteiger partial charge in [-0.15, -0.1) is 0 Å². The Bertz CT molecular complexity index is 584. The molecule has 0 radical (unpaired) electrons. The zero-order valence-corrected chi connectivity index (χ0v) is 10.2. The van der Waals surface area contributed by atoms with Crippen LogP contribution in [0.1, 0.15) is 10.4 Å². The number of carboxylic acids is 1. The van der Waals surface area contributed by atoms with Gasteiger partial charge in [0.05, 0.1) is 11.3 Å². The van der Waals surface area contributed by atoms with Crippen LogP contribution in [0.5, 0.6) is 5.75 Å². The number of nitrogens with zero attached hydrogens (tertiary/aromatic N) is 1. The average molecular weight is 294 g/mol. The number of phenolic OH excluding ortho intramolecular Hbond substituents is 1. The van der Waals surface area contributed by atoms with Crippen LogP contribution in [0.15, 0.2) is 41.0 Å². The summed E-state index contributed by atoms with van der Waals surface area (Å²) in [5.74, 6) is -0.939. The third kappa shape index (κ3) is 2.29. The molecule has 17 heavy (non-hydrogen) atoms. The molecule has 4 nitrogen and oxygen atoms in total. The van der Waals surface area contributed by atoms with Gasteiger partial charge in [0.2, 0.25) is 0 Å². The Kier molecular flexibility index (Phi) is 3.10. The highest BCUT2D eigenvalue weighted by Gasteiger charge is 2.12. The van der Waals surface area contributed by atoms with Crippen molar-refractivity contribution in [2.45, 2.75) is 0 Å². The van der Waals surface area contributed by atoms with E-state index < -0.39 is 5.97 Å². The van der Waals surface area contributed by atoms with E-state index in [1.807, 2.05) is 0 Å². The summed E-state index contributed by atoms with van der Waals surface area (Å²) < 4.78 is 0.527. The standard InChI is InChI=1S/C12H8BrNO3/c13-9-5-7(12(16)17)6-14-11(9)8-3-1-2-4-10(8)15/h1-6,15H,(H,16,17). The number of rotatable bonds is 2. The maximum Gasteiger partial charge on any atom is 0.337 e. The average Bonchev–Trinajstić information content (AvgIpc) is 2.30. The molecule has 0 aliphatic rings. The van der Waals surface area contributed by atoms with Crippen LogP contribution in [0, 0.1) is 0 Å². The summed E-state index contributed by atoms with van der Waals surface area (Å²) in [6.45, 7) is 0. The molecule has 0 spiro atoms. The molecule has 0 atom stereocenters. The Morgan fingerprint density at radius 1 is 1.29 bits per heavy atom. The van der Waals surface area contributed by atoms with Gasteiger partial charge >= 0.3 is 5.97 Å². The SMILES string of the molecule is O=C(O)c1cnc(-c2ccccc2O)c(Br)c1. The van der Waals surface area contributed by atoms with Crippen molar-refractivity contribution in [3.8, 4) is 17.0 Å². The van der Waals surface area contributed by atoms with E-state index in [2.05, 4.69) is 20.9 Å². The number of pyridine rings is 1. The molecule has 0 bridgehead atoms. The lowest BCUT2D eigenvalue weighted by Crippen LogP contribution is -1.98. The van der Waals surface area contributed by atoms with Crippen LogP contribution in [-0.2, 0) is 0 Å². The predicted molar refractivity (Wildman–Crippen MR) is 66.0 cm³/mol. The molecule has 0 saturated heterocycles. The Labute approximate surface area is 106 Å². The van der Waals surface area contributed by atoms with Gasteiger partial charge < -0.3 is 10.2 Å². The Balaban J connectivity index is 2.55. The zero-order chi connectivity index (χ0) is 12.4. The number of carboxylic acid groups (broad SMARTS) is 1. The van der Waals surface area contributed by atoms with Crippen molar-refractivity contribution in [1.29, 1.82) is 0 Å². The topological polar surface area (TPSA) is 70.4 Å². The molecule has 5 heteroatoms. The van der Waals surface area contributed by atoms with E-state index in [1.165, 1.54) is 12.3 Å². The van der Waals surface area contributed by atoms with Crippen LogP contribution in [0.3, 0.4) is 0 Å². The summed E-state index contributed by atoms with van der Waals surface area (Å²) in [4.78, 5) is 14.8. The molecule has 2 aromatic rings. The maximum atomic E-state index is 10.8. The van der Waals surface area contributed by atoms with E-state index in [0.29, 0.717) is 15.7 Å². The number of halogens is 1. The smallest absolute Gasteiger partial charge is 0.337 e. The minimum absolute atomic E-state index is 0.0936. The molecule has 0 unspecified atom stereocenters. The quantitative estimate of drug-likeness (QED) is 0.893. The molecule has 0 aliphatic heterocycles. The van der Waals surface area contributed by atoms with Crippen molar-refractivity contribution in [2.24, 2.45) is 0 Å². The zero-order valence-electron chi connectivity index (χ0n) is 8.59. The summed E-state index contributed by atoms with van der Waals surface area (Å²) >= 11 is 3.25. The van der Waals surface area contributed by atoms with Gasteiger partial charge in [0.25, 0.3) is 0 Å². The molecular weight excluding hydrogens is 286 g/mol. The molecule has 86 valence electrons. The monoisotopic (exact) mass is 293 g/mol. The van der Waals surface area contributed by atoms with Crippen molar-refractivity contribution in [1.82, 2.24) is 4.98 Å². The third-order valence-corrected chi connectivity index (χ3v) is 2.85. The van der Waals surface area contributed by atoms with Gasteiger partial charge in [-0.2, -0.15) is 0 Å². The lowest BCUT2D eigenvalue weighted by atomic mass is 10.1. The van der Waals surface area contributed by atoms with E-state index in [1.54, 1.807) is 24.3 Å². The van der Waals surface area contributed by atoms with Crippen LogP contribution in [0.25, 0.3) is 11.3 Å². The summed E-state index contributed by atoms with van der Waals surface area (Å²) in [6, 6.07) is 8.20. The fourth-order valence-corrected chi connectivity index (χ4v) is 1.99. The second-order valence-electron chi connectivity index (χ2n) is 3.38. The summed E-state index contributed by atoms with van der Waals surface area (Å²) in [7, 11) is 0. The van der Waals surface area contributed by atoms with E-state index in [4.69, 9.17) is 5.11 Å². The Morgan fingerprint density at radius 2 is 2.00 bits per heavy atom. The number of para-hydroxylation sites is 1. The highest BCUT2D eigenvalue weighted by Crippen LogP contribution is 2.32. The van der Waals surface area contributed by atoms with Crippen LogP contribution in [-0.4, -0.2) is 21.2 Å². The van der Waals surface area contributed by atoms with Gasteiger partial charge in [0.15, 0.2) is 0 Å². The number of benzene rings is 1. The van der Waals surface area contributed by atoms with Crippen molar-refractivity contribution in [2.75, 3.05) is 0 Å². The number of phenols is 1. The van der Waals surface area contributed by atoms with Gasteiger partial charge in [-0.1, -0.05) is 12.1 Å². The second-order valence-corrected chi connectivity index (χ2v) is 4.23. The molecule has 0 fully saturated rings. The van der Waals surface area contributed by atoms with Crippen LogP contribution in [0.2, 0.25) is 0 Å². The number of aromatic nitrogens is 1. The first kappa shape index (κ1) is 11.6. The summed E-state index contributed by atoms with van der Waals surface area (Å²) in [5.41, 5.74) is 1.15. The van der Waals surface area contributed by atoms with Gasteiger partial charge in [-0.25, -0.2) is 4.79 Å². The first-order valence-corrected chi connectivity index (χ1v) is 5.56. The summed E-state index contributed by atoms with van der Waals surface area (Å²) in [5, 5.41) is 18.5. The largest absolute Gasteiger partial charge is 0.507 e. The number of carbonyl (C=O) groups is 1. The van der Waals surface area contributed by atoms with Crippen molar-refractivity contribution in [3.05, 3.63) is 46.6 Å². The molecule has 2 rings (SSSR count). The number of aromatic carboxylic acids is 1. The van der Waals surface area contributed by atoms with Crippen LogP contribution < -0.4 is 0 Å². The lowest BCUT2D eigenvalue weighted by molar-refractivity contribution is 0.0696. The lowest BCUT2D eigenvalue weighted by Gasteiger charge is -2.06. The Hall–Kier alpha value is -1.88. The fraction of sp³-hybridized carbons (Fsp3) is 0. The molecule has 0 amide bonds. The second kappa shape index (κ2) is 4.55. The van der Waals surface area contributed by atoms with E-state index in [-0.39, 0.29) is 11.3 Å². The molecule has 2 N–H and O–H groups in total. The molecule has 0 saturated carbocycles. The third-order valence-electron chi connectivity index (χ3n) is 2.25. The molecule has 1 aromatic carbocycles. The number of hydrogen-bond acceptors (Lipinski definition) is 3. The summed E-state index contributed by atoms with van der Waals surface area (Å²) in [6.07, 6.45) is 1.26. The van der Waals surface area contributed by atoms with Crippen molar-refractivity contribution >= 4 is 21.9 Å². The highest BCUT2D eigenvalue weighted by molar-refractivity contribution is 9.10. The Morgan fingerprint density at radius 3 is 2.59 bits per heavy atom. The minimum Gasteiger partial charge on any atom is -0.507 e. The molecule has 1 aromatic heterocycles. The maximum absolute atomic E-state index is 10.8. The normalized spacial score (nSPS) is 10.2. The van der Waals surface area contributed by atoms with E-state index in [0.717, 1.165) is 0 Å². The predicted octanol–water partition coefficient (Wildman–Crippen LogP) is 2.91. The van der Waals surface area contributed by atoms with Crippen LogP contribution in [0.4, 0.5) is 0 Å². The molecule has 1 heterocycles. The van der Waals surface area contributed by atoms with Gasteiger partial charge in [-0.3, -0.25) is 4.98 Å². The number of hydrogen-bond donors (Lipinski definition) is 2. The number of aromatic hydroxyl groups is 1.